The Hall–Kier alpha value is -0.610. The summed E-state index contributed by atoms with van der Waals surface area (Å²) >= 11 is 0. The van der Waals surface area contributed by atoms with Gasteiger partial charge >= 0.3 is 0 Å². The molecule has 2 atom stereocenters. The van der Waals surface area contributed by atoms with E-state index in [9.17, 15) is 4.79 Å². The molecule has 4 nitrogen and oxygen atoms in total. The maximum atomic E-state index is 11.8. The highest BCUT2D eigenvalue weighted by molar-refractivity contribution is 5.79. The Morgan fingerprint density at radius 3 is 2.88 bits per heavy atom. The summed E-state index contributed by atoms with van der Waals surface area (Å²) in [6, 6.07) is 0. The van der Waals surface area contributed by atoms with Crippen LogP contribution in [0.3, 0.4) is 0 Å². The van der Waals surface area contributed by atoms with E-state index in [2.05, 4.69) is 17.6 Å². The van der Waals surface area contributed by atoms with Crippen LogP contribution in [-0.4, -0.2) is 38.8 Å². The SMILES string of the molecule is C[C@@H]1CNC[C@H]1C(=O)NCCCOCC1CC1. The summed E-state index contributed by atoms with van der Waals surface area (Å²) in [4.78, 5) is 11.8. The minimum Gasteiger partial charge on any atom is -0.381 e. The predicted molar refractivity (Wildman–Crippen MR) is 66.7 cm³/mol. The fraction of sp³-hybridized carbons (Fsp3) is 0.923. The van der Waals surface area contributed by atoms with Crippen LogP contribution in [0.4, 0.5) is 0 Å². The Balaban J connectivity index is 1.47. The van der Waals surface area contributed by atoms with Crippen LogP contribution in [0.15, 0.2) is 0 Å². The van der Waals surface area contributed by atoms with Gasteiger partial charge in [-0.25, -0.2) is 0 Å². The quantitative estimate of drug-likeness (QED) is 0.646. The first-order valence-electron chi connectivity index (χ1n) is 6.83. The number of carbonyl (C=O) groups is 1. The number of hydrogen-bond donors (Lipinski definition) is 2. The summed E-state index contributed by atoms with van der Waals surface area (Å²) in [5.41, 5.74) is 0. The second kappa shape index (κ2) is 6.36. The fourth-order valence-electron chi connectivity index (χ4n) is 2.21. The van der Waals surface area contributed by atoms with Gasteiger partial charge in [0.1, 0.15) is 0 Å². The van der Waals surface area contributed by atoms with Crippen LogP contribution in [0.2, 0.25) is 0 Å². The molecular formula is C13H24N2O2. The lowest BCUT2D eigenvalue weighted by atomic mass is 9.97. The first kappa shape index (κ1) is 12.8. The number of amides is 1. The monoisotopic (exact) mass is 240 g/mol. The molecule has 0 spiro atoms. The normalized spacial score (nSPS) is 28.3. The maximum Gasteiger partial charge on any atom is 0.224 e. The van der Waals surface area contributed by atoms with E-state index in [-0.39, 0.29) is 11.8 Å². The summed E-state index contributed by atoms with van der Waals surface area (Å²) in [7, 11) is 0. The number of hydrogen-bond acceptors (Lipinski definition) is 3. The smallest absolute Gasteiger partial charge is 0.224 e. The van der Waals surface area contributed by atoms with Crippen molar-refractivity contribution in [2.75, 3.05) is 32.8 Å². The van der Waals surface area contributed by atoms with E-state index >= 15 is 0 Å². The molecule has 2 fully saturated rings. The molecule has 2 aliphatic rings. The molecule has 98 valence electrons. The number of rotatable bonds is 7. The van der Waals surface area contributed by atoms with Crippen LogP contribution in [0.5, 0.6) is 0 Å². The molecule has 1 heterocycles. The van der Waals surface area contributed by atoms with Crippen molar-refractivity contribution in [2.45, 2.75) is 26.2 Å². The van der Waals surface area contributed by atoms with Gasteiger partial charge in [0, 0.05) is 26.3 Å². The molecule has 1 aliphatic carbocycles. The third-order valence-corrected chi connectivity index (χ3v) is 3.67. The molecule has 0 unspecified atom stereocenters. The van der Waals surface area contributed by atoms with Gasteiger partial charge < -0.3 is 15.4 Å². The van der Waals surface area contributed by atoms with Crippen molar-refractivity contribution in [3.63, 3.8) is 0 Å². The van der Waals surface area contributed by atoms with E-state index in [0.717, 1.165) is 45.2 Å². The molecule has 4 heteroatoms. The Morgan fingerprint density at radius 2 is 2.24 bits per heavy atom. The molecule has 0 aromatic heterocycles. The number of nitrogens with one attached hydrogen (secondary N) is 2. The van der Waals surface area contributed by atoms with Crippen LogP contribution in [0.1, 0.15) is 26.2 Å². The third kappa shape index (κ3) is 4.28. The average molecular weight is 240 g/mol. The molecule has 2 rings (SSSR count). The summed E-state index contributed by atoms with van der Waals surface area (Å²) in [6.45, 7) is 6.34. The predicted octanol–water partition coefficient (Wildman–Crippen LogP) is 0.775. The molecule has 0 aromatic carbocycles. The molecule has 1 amide bonds. The van der Waals surface area contributed by atoms with Crippen LogP contribution in [0.25, 0.3) is 0 Å². The van der Waals surface area contributed by atoms with Crippen LogP contribution >= 0.6 is 0 Å². The van der Waals surface area contributed by atoms with Gasteiger partial charge in [-0.3, -0.25) is 4.79 Å². The van der Waals surface area contributed by atoms with Gasteiger partial charge in [-0.1, -0.05) is 6.92 Å². The average Bonchev–Trinajstić information content (AvgIpc) is 3.04. The maximum absolute atomic E-state index is 11.8. The lowest BCUT2D eigenvalue weighted by Crippen LogP contribution is -2.35. The molecule has 0 bridgehead atoms. The van der Waals surface area contributed by atoms with Crippen molar-refractivity contribution >= 4 is 5.91 Å². The molecular weight excluding hydrogens is 216 g/mol. The molecule has 0 aromatic rings. The first-order valence-corrected chi connectivity index (χ1v) is 6.83. The highest BCUT2D eigenvalue weighted by Crippen LogP contribution is 2.28. The zero-order valence-electron chi connectivity index (χ0n) is 10.7. The second-order valence-electron chi connectivity index (χ2n) is 5.40. The van der Waals surface area contributed by atoms with Gasteiger partial charge in [0.25, 0.3) is 0 Å². The number of carbonyl (C=O) groups excluding carboxylic acids is 1. The van der Waals surface area contributed by atoms with E-state index < -0.39 is 0 Å². The first-order chi connectivity index (χ1) is 8.27. The minimum absolute atomic E-state index is 0.155. The standard InChI is InChI=1S/C13H24N2O2/c1-10-7-14-8-12(10)13(16)15-5-2-6-17-9-11-3-4-11/h10-12,14H,2-9H2,1H3,(H,15,16)/t10-,12-/m1/s1. The van der Waals surface area contributed by atoms with Gasteiger partial charge in [-0.15, -0.1) is 0 Å². The van der Waals surface area contributed by atoms with Gasteiger partial charge in [0.2, 0.25) is 5.91 Å². The lowest BCUT2D eigenvalue weighted by Gasteiger charge is -2.14. The van der Waals surface area contributed by atoms with E-state index in [1.165, 1.54) is 12.8 Å². The summed E-state index contributed by atoms with van der Waals surface area (Å²) in [6.07, 6.45) is 3.60. The van der Waals surface area contributed by atoms with E-state index in [0.29, 0.717) is 5.92 Å². The van der Waals surface area contributed by atoms with Gasteiger partial charge in [0.15, 0.2) is 0 Å². The lowest BCUT2D eigenvalue weighted by molar-refractivity contribution is -0.125. The summed E-state index contributed by atoms with van der Waals surface area (Å²) in [5.74, 6) is 1.64. The summed E-state index contributed by atoms with van der Waals surface area (Å²) < 4.78 is 5.52. The molecule has 1 saturated carbocycles. The highest BCUT2D eigenvalue weighted by Gasteiger charge is 2.29. The van der Waals surface area contributed by atoms with E-state index in [1.807, 2.05) is 0 Å². The van der Waals surface area contributed by atoms with Crippen molar-refractivity contribution in [1.29, 1.82) is 0 Å². The topological polar surface area (TPSA) is 50.4 Å². The third-order valence-electron chi connectivity index (χ3n) is 3.67. The second-order valence-corrected chi connectivity index (χ2v) is 5.40. The van der Waals surface area contributed by atoms with Gasteiger partial charge in [-0.2, -0.15) is 0 Å². The van der Waals surface area contributed by atoms with Crippen molar-refractivity contribution in [1.82, 2.24) is 10.6 Å². The van der Waals surface area contributed by atoms with E-state index in [4.69, 9.17) is 4.74 Å². The Labute approximate surface area is 103 Å². The fourth-order valence-corrected chi connectivity index (χ4v) is 2.21. The number of ether oxygens (including phenoxy) is 1. The van der Waals surface area contributed by atoms with Crippen molar-refractivity contribution in [3.8, 4) is 0 Å². The highest BCUT2D eigenvalue weighted by atomic mass is 16.5. The summed E-state index contributed by atoms with van der Waals surface area (Å²) in [5, 5.41) is 6.25. The van der Waals surface area contributed by atoms with E-state index in [1.54, 1.807) is 0 Å². The van der Waals surface area contributed by atoms with Crippen LogP contribution in [0, 0.1) is 17.8 Å². The van der Waals surface area contributed by atoms with Crippen molar-refractivity contribution < 1.29 is 9.53 Å². The Kier molecular flexibility index (Phi) is 4.80. The molecule has 2 N–H and O–H groups in total. The van der Waals surface area contributed by atoms with Crippen molar-refractivity contribution in [3.05, 3.63) is 0 Å². The Morgan fingerprint density at radius 1 is 1.41 bits per heavy atom. The molecule has 17 heavy (non-hydrogen) atoms. The molecule has 1 saturated heterocycles. The van der Waals surface area contributed by atoms with Crippen LogP contribution in [-0.2, 0) is 9.53 Å². The van der Waals surface area contributed by atoms with Crippen molar-refractivity contribution in [2.24, 2.45) is 17.8 Å². The Bertz CT molecular complexity index is 254. The van der Waals surface area contributed by atoms with Gasteiger partial charge in [0.05, 0.1) is 5.92 Å². The zero-order valence-corrected chi connectivity index (χ0v) is 10.7. The van der Waals surface area contributed by atoms with Gasteiger partial charge in [-0.05, 0) is 37.6 Å². The molecule has 1 aliphatic heterocycles. The largest absolute Gasteiger partial charge is 0.381 e. The minimum atomic E-state index is 0.155. The molecule has 0 radical (unpaired) electrons. The zero-order chi connectivity index (χ0) is 12.1. The van der Waals surface area contributed by atoms with Crippen LogP contribution < -0.4 is 10.6 Å².